The van der Waals surface area contributed by atoms with Crippen LogP contribution in [0.3, 0.4) is 0 Å². The van der Waals surface area contributed by atoms with Gasteiger partial charge in [-0.1, -0.05) is 18.6 Å². The van der Waals surface area contributed by atoms with Gasteiger partial charge >= 0.3 is 0 Å². The molecule has 5 rings (SSSR count). The van der Waals surface area contributed by atoms with E-state index in [0.29, 0.717) is 24.5 Å². The van der Waals surface area contributed by atoms with Crippen molar-refractivity contribution < 1.29 is 18.3 Å². The molecule has 38 heavy (non-hydrogen) atoms. The number of anilines is 1. The minimum Gasteiger partial charge on any atom is -0.391 e. The van der Waals surface area contributed by atoms with Gasteiger partial charge in [-0.3, -0.25) is 4.79 Å². The van der Waals surface area contributed by atoms with Crippen LogP contribution in [0.5, 0.6) is 0 Å². The number of aryl methyl sites for hydroxylation is 2. The maximum atomic E-state index is 13.4. The van der Waals surface area contributed by atoms with Crippen LogP contribution in [-0.2, 0) is 14.8 Å². The maximum Gasteiger partial charge on any atom is 0.247 e. The van der Waals surface area contributed by atoms with E-state index in [2.05, 4.69) is 10.6 Å². The van der Waals surface area contributed by atoms with Crippen LogP contribution < -0.4 is 10.6 Å². The number of hydrogen-bond donors (Lipinski definition) is 3. The molecule has 0 bridgehead atoms. The second kappa shape index (κ2) is 10.8. The molecule has 2 aliphatic rings. The van der Waals surface area contributed by atoms with Crippen LogP contribution in [0.4, 0.5) is 5.69 Å². The largest absolute Gasteiger partial charge is 0.391 e. The molecule has 9 heteroatoms. The molecule has 3 heterocycles. The standard InChI is InChI=1S/C29H38N4O4S/c1-19-7-8-22(24-11-12-30-17-28(24)34)15-26(19)31-29(35)21(3)33-18-20(2)25-16-23(9-10-27(25)33)38(36,37)32-13-5-4-6-14-32/h7-10,15-16,18,21,24,28,30,34H,4-6,11-14,17H2,1-3H3,(H,31,35). The SMILES string of the molecule is Cc1ccc(C2CCNCC2O)cc1NC(=O)C(C)n1cc(C)c2cc(S(=O)(=O)N3CCCCC3)ccc21. The van der Waals surface area contributed by atoms with Gasteiger partial charge in [-0.15, -0.1) is 0 Å². The van der Waals surface area contributed by atoms with Crippen molar-refractivity contribution in [3.05, 3.63) is 59.3 Å². The molecular formula is C29H38N4O4S. The molecule has 1 amide bonds. The Balaban J connectivity index is 1.39. The minimum atomic E-state index is -3.54. The maximum absolute atomic E-state index is 13.4. The van der Waals surface area contributed by atoms with E-state index in [4.69, 9.17) is 0 Å². The highest BCUT2D eigenvalue weighted by Crippen LogP contribution is 2.32. The molecule has 2 saturated heterocycles. The number of aliphatic hydroxyl groups is 1. The lowest BCUT2D eigenvalue weighted by Crippen LogP contribution is -2.39. The number of fused-ring (bicyclic) bond motifs is 1. The predicted molar refractivity (Wildman–Crippen MR) is 150 cm³/mol. The van der Waals surface area contributed by atoms with Crippen LogP contribution in [0.1, 0.15) is 61.3 Å². The number of aromatic nitrogens is 1. The fourth-order valence-corrected chi connectivity index (χ4v) is 7.28. The van der Waals surface area contributed by atoms with Crippen LogP contribution in [-0.4, -0.2) is 60.6 Å². The summed E-state index contributed by atoms with van der Waals surface area (Å²) >= 11 is 0. The average Bonchev–Trinajstić information content (AvgIpc) is 3.26. The Kier molecular flexibility index (Phi) is 7.64. The van der Waals surface area contributed by atoms with Gasteiger partial charge < -0.3 is 20.3 Å². The lowest BCUT2D eigenvalue weighted by molar-refractivity contribution is -0.118. The lowest BCUT2D eigenvalue weighted by atomic mass is 9.87. The Morgan fingerprint density at radius 2 is 1.84 bits per heavy atom. The van der Waals surface area contributed by atoms with E-state index in [1.807, 2.05) is 55.8 Å². The smallest absolute Gasteiger partial charge is 0.247 e. The second-order valence-electron chi connectivity index (χ2n) is 10.8. The van der Waals surface area contributed by atoms with Crippen molar-refractivity contribution in [1.29, 1.82) is 0 Å². The average molecular weight is 539 g/mol. The molecule has 3 N–H and O–H groups in total. The van der Waals surface area contributed by atoms with Gasteiger partial charge in [0.2, 0.25) is 15.9 Å². The van der Waals surface area contributed by atoms with Crippen molar-refractivity contribution in [1.82, 2.24) is 14.2 Å². The molecule has 0 aliphatic carbocycles. The first kappa shape index (κ1) is 26.9. The van der Waals surface area contributed by atoms with Crippen LogP contribution in [0.25, 0.3) is 10.9 Å². The monoisotopic (exact) mass is 538 g/mol. The van der Waals surface area contributed by atoms with Crippen LogP contribution in [0, 0.1) is 13.8 Å². The number of benzene rings is 2. The summed E-state index contributed by atoms with van der Waals surface area (Å²) < 4.78 is 29.9. The predicted octanol–water partition coefficient (Wildman–Crippen LogP) is 4.07. The van der Waals surface area contributed by atoms with Gasteiger partial charge in [0.1, 0.15) is 6.04 Å². The van der Waals surface area contributed by atoms with Gasteiger partial charge in [0.15, 0.2) is 0 Å². The number of nitrogens with zero attached hydrogens (tertiary/aromatic N) is 2. The molecule has 1 aromatic heterocycles. The summed E-state index contributed by atoms with van der Waals surface area (Å²) in [6.07, 6.45) is 5.16. The molecule has 0 saturated carbocycles. The van der Waals surface area contributed by atoms with Gasteiger partial charge in [-0.2, -0.15) is 4.31 Å². The summed E-state index contributed by atoms with van der Waals surface area (Å²) in [5.41, 5.74) is 4.48. The Morgan fingerprint density at radius 1 is 1.08 bits per heavy atom. The number of amides is 1. The van der Waals surface area contributed by atoms with E-state index >= 15 is 0 Å². The molecule has 0 radical (unpaired) electrons. The quantitative estimate of drug-likeness (QED) is 0.439. The number of piperidine rings is 2. The van der Waals surface area contributed by atoms with Gasteiger partial charge in [-0.25, -0.2) is 8.42 Å². The summed E-state index contributed by atoms with van der Waals surface area (Å²) in [5.74, 6) is -0.116. The summed E-state index contributed by atoms with van der Waals surface area (Å²) in [6.45, 7) is 8.31. The van der Waals surface area contributed by atoms with Crippen LogP contribution >= 0.6 is 0 Å². The molecule has 8 nitrogen and oxygen atoms in total. The van der Waals surface area contributed by atoms with E-state index in [1.165, 1.54) is 0 Å². The van der Waals surface area contributed by atoms with Gasteiger partial charge in [0.25, 0.3) is 0 Å². The Labute approximate surface area is 225 Å². The van der Waals surface area contributed by atoms with Crippen LogP contribution in [0.2, 0.25) is 0 Å². The minimum absolute atomic E-state index is 0.0383. The summed E-state index contributed by atoms with van der Waals surface area (Å²) in [4.78, 5) is 13.7. The van der Waals surface area contributed by atoms with Crippen molar-refractivity contribution in [3.63, 3.8) is 0 Å². The Hall–Kier alpha value is -2.72. The fraction of sp³-hybridized carbons (Fsp3) is 0.483. The highest BCUT2D eigenvalue weighted by Gasteiger charge is 2.28. The van der Waals surface area contributed by atoms with Crippen molar-refractivity contribution >= 4 is 32.5 Å². The van der Waals surface area contributed by atoms with Gasteiger partial charge in [0, 0.05) is 48.3 Å². The van der Waals surface area contributed by atoms with Crippen molar-refractivity contribution in [2.24, 2.45) is 0 Å². The van der Waals surface area contributed by atoms with E-state index in [1.54, 1.807) is 16.4 Å². The summed E-state index contributed by atoms with van der Waals surface area (Å²) in [5, 5.41) is 17.6. The number of rotatable bonds is 6. The first-order valence-corrected chi connectivity index (χ1v) is 15.0. The zero-order valence-electron chi connectivity index (χ0n) is 22.4. The zero-order valence-corrected chi connectivity index (χ0v) is 23.2. The Bertz CT molecular complexity index is 1440. The Morgan fingerprint density at radius 3 is 2.58 bits per heavy atom. The van der Waals surface area contributed by atoms with Crippen molar-refractivity contribution in [2.45, 2.75) is 69.4 Å². The van der Waals surface area contributed by atoms with Crippen LogP contribution in [0.15, 0.2) is 47.5 Å². The van der Waals surface area contributed by atoms with Gasteiger partial charge in [0.05, 0.1) is 11.0 Å². The van der Waals surface area contributed by atoms with Crippen molar-refractivity contribution in [2.75, 3.05) is 31.5 Å². The molecule has 204 valence electrons. The van der Waals surface area contributed by atoms with E-state index in [0.717, 1.165) is 65.5 Å². The third-order valence-corrected chi connectivity index (χ3v) is 10.0. The molecular weight excluding hydrogens is 500 g/mol. The third-order valence-electron chi connectivity index (χ3n) is 8.15. The number of nitrogens with one attached hydrogen (secondary N) is 2. The molecule has 0 spiro atoms. The number of aliphatic hydroxyl groups excluding tert-OH is 1. The number of sulfonamides is 1. The second-order valence-corrected chi connectivity index (χ2v) is 12.7. The first-order valence-electron chi connectivity index (χ1n) is 13.6. The molecule has 3 unspecified atom stereocenters. The number of hydrogen-bond acceptors (Lipinski definition) is 5. The van der Waals surface area contributed by atoms with Gasteiger partial charge in [-0.05, 0) is 87.5 Å². The number of β-amino-alcohol motifs (C(OH)–C–C–N with tert-alkyl or cyclic N) is 1. The number of carbonyl (C=O) groups excluding carboxylic acids is 1. The third kappa shape index (κ3) is 5.12. The lowest BCUT2D eigenvalue weighted by Gasteiger charge is -2.29. The first-order chi connectivity index (χ1) is 18.2. The topological polar surface area (TPSA) is 104 Å². The normalized spacial score (nSPS) is 21.9. The van der Waals surface area contributed by atoms with E-state index < -0.39 is 22.2 Å². The fourth-order valence-electron chi connectivity index (χ4n) is 5.74. The molecule has 2 aromatic carbocycles. The molecule has 3 atom stereocenters. The molecule has 2 fully saturated rings. The summed E-state index contributed by atoms with van der Waals surface area (Å²) in [7, 11) is -3.54. The van der Waals surface area contributed by atoms with Crippen molar-refractivity contribution in [3.8, 4) is 0 Å². The highest BCUT2D eigenvalue weighted by atomic mass is 32.2. The summed E-state index contributed by atoms with van der Waals surface area (Å²) in [6, 6.07) is 10.7. The number of carbonyl (C=O) groups is 1. The molecule has 3 aromatic rings. The zero-order chi connectivity index (χ0) is 27.0. The highest BCUT2D eigenvalue weighted by molar-refractivity contribution is 7.89. The van der Waals surface area contributed by atoms with E-state index in [-0.39, 0.29) is 11.8 Å². The molecule has 2 aliphatic heterocycles. The van der Waals surface area contributed by atoms with E-state index in [9.17, 15) is 18.3 Å².